The summed E-state index contributed by atoms with van der Waals surface area (Å²) in [5.74, 6) is -2.80. The molecule has 0 N–H and O–H groups in total. The van der Waals surface area contributed by atoms with Crippen molar-refractivity contribution >= 4 is 21.9 Å². The van der Waals surface area contributed by atoms with E-state index in [0.717, 1.165) is 6.07 Å². The highest BCUT2D eigenvalue weighted by molar-refractivity contribution is 9.10. The lowest BCUT2D eigenvalue weighted by atomic mass is 10.1. The Morgan fingerprint density at radius 3 is 2.38 bits per heavy atom. The Kier molecular flexibility index (Phi) is 3.68. The maximum absolute atomic E-state index is 13.2. The van der Waals surface area contributed by atoms with Crippen LogP contribution in [0.25, 0.3) is 0 Å². The number of esters is 1. The summed E-state index contributed by atoms with van der Waals surface area (Å²) in [6.07, 6.45) is 0. The van der Waals surface area contributed by atoms with Gasteiger partial charge in [-0.15, -0.1) is 0 Å². The van der Waals surface area contributed by atoms with Crippen molar-refractivity contribution < 1.29 is 18.3 Å². The summed E-state index contributed by atoms with van der Waals surface area (Å²) < 4.78 is 30.8. The van der Waals surface area contributed by atoms with Gasteiger partial charge >= 0.3 is 5.97 Å². The average Bonchev–Trinajstić information content (AvgIpc) is 2.11. The van der Waals surface area contributed by atoms with Crippen LogP contribution in [0.1, 0.15) is 31.1 Å². The van der Waals surface area contributed by atoms with E-state index in [0.29, 0.717) is 0 Å². The second-order valence-electron chi connectivity index (χ2n) is 4.22. The first-order chi connectivity index (χ1) is 7.22. The van der Waals surface area contributed by atoms with Gasteiger partial charge in [0, 0.05) is 0 Å². The first kappa shape index (κ1) is 13.1. The normalized spacial score (nSPS) is 11.4. The smallest absolute Gasteiger partial charge is 0.339 e. The number of hydrogen-bond acceptors (Lipinski definition) is 2. The molecule has 0 aliphatic heterocycles. The Morgan fingerprint density at radius 2 is 1.88 bits per heavy atom. The highest BCUT2D eigenvalue weighted by Crippen LogP contribution is 2.25. The van der Waals surface area contributed by atoms with Gasteiger partial charge in [0.1, 0.15) is 5.60 Å². The van der Waals surface area contributed by atoms with E-state index in [1.165, 1.54) is 6.07 Å². The zero-order valence-electron chi connectivity index (χ0n) is 9.11. The Morgan fingerprint density at radius 1 is 1.31 bits per heavy atom. The molecular formula is C11H11BrF2O2. The summed E-state index contributed by atoms with van der Waals surface area (Å²) in [4.78, 5) is 11.6. The molecule has 0 aliphatic carbocycles. The third kappa shape index (κ3) is 3.01. The largest absolute Gasteiger partial charge is 0.456 e. The summed E-state index contributed by atoms with van der Waals surface area (Å²) in [6, 6.07) is 2.07. The van der Waals surface area contributed by atoms with Crippen LogP contribution in [0.5, 0.6) is 0 Å². The Balaban J connectivity index is 3.06. The van der Waals surface area contributed by atoms with Crippen molar-refractivity contribution in [1.29, 1.82) is 0 Å². The van der Waals surface area contributed by atoms with Gasteiger partial charge in [-0.2, -0.15) is 0 Å². The van der Waals surface area contributed by atoms with E-state index in [-0.39, 0.29) is 10.0 Å². The van der Waals surface area contributed by atoms with Gasteiger partial charge in [0.15, 0.2) is 11.6 Å². The number of rotatable bonds is 1. The Labute approximate surface area is 101 Å². The standard InChI is InChI=1S/C11H11BrF2O2/c1-11(2,3)16-10(15)6-4-5-7(13)9(14)8(6)12/h4-5H,1-3H3. The highest BCUT2D eigenvalue weighted by Gasteiger charge is 2.22. The summed E-state index contributed by atoms with van der Waals surface area (Å²) in [5.41, 5.74) is -0.713. The van der Waals surface area contributed by atoms with Crippen molar-refractivity contribution in [2.75, 3.05) is 0 Å². The molecule has 1 aromatic rings. The number of carbonyl (C=O) groups excluding carboxylic acids is 1. The second-order valence-corrected chi connectivity index (χ2v) is 5.02. The van der Waals surface area contributed by atoms with Crippen LogP contribution >= 0.6 is 15.9 Å². The third-order valence-electron chi connectivity index (χ3n) is 1.65. The molecule has 0 bridgehead atoms. The number of carbonyl (C=O) groups is 1. The third-order valence-corrected chi connectivity index (χ3v) is 2.43. The monoisotopic (exact) mass is 292 g/mol. The minimum atomic E-state index is -1.09. The molecule has 1 rings (SSSR count). The number of halogens is 3. The molecule has 2 nitrogen and oxygen atoms in total. The summed E-state index contributed by atoms with van der Waals surface area (Å²) in [5, 5.41) is 0. The lowest BCUT2D eigenvalue weighted by Gasteiger charge is -2.19. The van der Waals surface area contributed by atoms with Gasteiger partial charge in [-0.3, -0.25) is 0 Å². The van der Waals surface area contributed by atoms with Gasteiger partial charge in [-0.05, 0) is 48.8 Å². The topological polar surface area (TPSA) is 26.3 Å². The summed E-state index contributed by atoms with van der Waals surface area (Å²) in [6.45, 7) is 5.08. The molecule has 1 aromatic carbocycles. The molecule has 88 valence electrons. The van der Waals surface area contributed by atoms with Crippen molar-refractivity contribution in [3.8, 4) is 0 Å². The molecule has 0 aromatic heterocycles. The zero-order chi connectivity index (χ0) is 12.5. The van der Waals surface area contributed by atoms with Crippen LogP contribution in [-0.4, -0.2) is 11.6 Å². The van der Waals surface area contributed by atoms with Crippen molar-refractivity contribution in [3.05, 3.63) is 33.8 Å². The molecule has 0 radical (unpaired) electrons. The summed E-state index contributed by atoms with van der Waals surface area (Å²) in [7, 11) is 0. The molecule has 0 heterocycles. The van der Waals surface area contributed by atoms with Crippen molar-refractivity contribution in [2.24, 2.45) is 0 Å². The second kappa shape index (κ2) is 4.49. The Hall–Kier alpha value is -0.970. The molecule has 0 amide bonds. The van der Waals surface area contributed by atoms with Gasteiger partial charge in [-0.25, -0.2) is 13.6 Å². The fourth-order valence-corrected chi connectivity index (χ4v) is 1.50. The predicted octanol–water partition coefficient (Wildman–Crippen LogP) is 3.68. The van der Waals surface area contributed by atoms with Crippen molar-refractivity contribution in [3.63, 3.8) is 0 Å². The van der Waals surface area contributed by atoms with E-state index in [1.807, 2.05) is 0 Å². The van der Waals surface area contributed by atoms with Gasteiger partial charge in [0.05, 0.1) is 10.0 Å². The van der Waals surface area contributed by atoms with Gasteiger partial charge in [0.25, 0.3) is 0 Å². The first-order valence-electron chi connectivity index (χ1n) is 4.59. The van der Waals surface area contributed by atoms with E-state index >= 15 is 0 Å². The lowest BCUT2D eigenvalue weighted by molar-refractivity contribution is 0.00678. The van der Waals surface area contributed by atoms with Gasteiger partial charge < -0.3 is 4.74 Å². The van der Waals surface area contributed by atoms with E-state index in [1.54, 1.807) is 20.8 Å². The number of benzene rings is 1. The maximum Gasteiger partial charge on any atom is 0.339 e. The molecule has 0 fully saturated rings. The van der Waals surface area contributed by atoms with Crippen LogP contribution in [0.4, 0.5) is 8.78 Å². The number of hydrogen-bond donors (Lipinski definition) is 0. The molecule has 0 spiro atoms. The molecule has 0 atom stereocenters. The van der Waals surface area contributed by atoms with Crippen LogP contribution in [0, 0.1) is 11.6 Å². The highest BCUT2D eigenvalue weighted by atomic mass is 79.9. The van der Waals surface area contributed by atoms with Crippen LogP contribution < -0.4 is 0 Å². The average molecular weight is 293 g/mol. The predicted molar refractivity (Wildman–Crippen MR) is 59.2 cm³/mol. The molecule has 0 unspecified atom stereocenters. The Bertz CT molecular complexity index is 425. The van der Waals surface area contributed by atoms with Crippen LogP contribution in [0.15, 0.2) is 16.6 Å². The molecule has 0 saturated carbocycles. The van der Waals surface area contributed by atoms with E-state index < -0.39 is 23.2 Å². The van der Waals surface area contributed by atoms with Crippen LogP contribution in [0.2, 0.25) is 0 Å². The minimum absolute atomic E-state index is 0.0335. The van der Waals surface area contributed by atoms with Gasteiger partial charge in [-0.1, -0.05) is 0 Å². The molecule has 0 aliphatic rings. The van der Waals surface area contributed by atoms with Crippen molar-refractivity contribution in [1.82, 2.24) is 0 Å². The van der Waals surface area contributed by atoms with E-state index in [9.17, 15) is 13.6 Å². The van der Waals surface area contributed by atoms with Crippen LogP contribution in [-0.2, 0) is 4.74 Å². The summed E-state index contributed by atoms with van der Waals surface area (Å²) >= 11 is 2.82. The van der Waals surface area contributed by atoms with Crippen molar-refractivity contribution in [2.45, 2.75) is 26.4 Å². The first-order valence-corrected chi connectivity index (χ1v) is 5.38. The lowest BCUT2D eigenvalue weighted by Crippen LogP contribution is -2.24. The van der Waals surface area contributed by atoms with Gasteiger partial charge in [0.2, 0.25) is 0 Å². The fourth-order valence-electron chi connectivity index (χ4n) is 1.02. The quantitative estimate of drug-likeness (QED) is 0.583. The fraction of sp³-hybridized carbons (Fsp3) is 0.364. The molecule has 16 heavy (non-hydrogen) atoms. The maximum atomic E-state index is 13.2. The zero-order valence-corrected chi connectivity index (χ0v) is 10.7. The number of ether oxygens (including phenoxy) is 1. The van der Waals surface area contributed by atoms with E-state index in [2.05, 4.69) is 15.9 Å². The molecule has 0 saturated heterocycles. The van der Waals surface area contributed by atoms with Crippen LogP contribution in [0.3, 0.4) is 0 Å². The van der Waals surface area contributed by atoms with E-state index in [4.69, 9.17) is 4.74 Å². The SMILES string of the molecule is CC(C)(C)OC(=O)c1ccc(F)c(F)c1Br. The minimum Gasteiger partial charge on any atom is -0.456 e. The molecule has 5 heteroatoms. The molecular weight excluding hydrogens is 282 g/mol.